The molecular formula is C11H18N2O6. The van der Waals surface area contributed by atoms with Crippen molar-refractivity contribution >= 4 is 18.0 Å². The second-order valence-corrected chi connectivity index (χ2v) is 4.08. The highest BCUT2D eigenvalue weighted by molar-refractivity contribution is 5.83. The molecule has 0 aliphatic carbocycles. The van der Waals surface area contributed by atoms with Crippen molar-refractivity contribution in [1.29, 1.82) is 0 Å². The highest BCUT2D eigenvalue weighted by atomic mass is 16.6. The van der Waals surface area contributed by atoms with Gasteiger partial charge in [0.05, 0.1) is 20.3 Å². The summed E-state index contributed by atoms with van der Waals surface area (Å²) in [4.78, 5) is 35.4. The van der Waals surface area contributed by atoms with Crippen LogP contribution in [0.3, 0.4) is 0 Å². The number of hydrogen-bond donors (Lipinski definition) is 2. The first-order valence-corrected chi connectivity index (χ1v) is 5.97. The van der Waals surface area contributed by atoms with Gasteiger partial charge in [-0.3, -0.25) is 0 Å². The molecule has 19 heavy (non-hydrogen) atoms. The van der Waals surface area contributed by atoms with E-state index in [1.54, 1.807) is 6.92 Å². The van der Waals surface area contributed by atoms with Crippen LogP contribution in [0, 0.1) is 0 Å². The molecule has 8 nitrogen and oxygen atoms in total. The normalized spacial score (nSPS) is 20.5. The Morgan fingerprint density at radius 1 is 1.53 bits per heavy atom. The molecule has 8 heteroatoms. The van der Waals surface area contributed by atoms with Gasteiger partial charge in [0, 0.05) is 6.54 Å². The third-order valence-electron chi connectivity index (χ3n) is 2.82. The molecule has 0 aromatic heterocycles. The summed E-state index contributed by atoms with van der Waals surface area (Å²) in [5.41, 5.74) is 0. The van der Waals surface area contributed by atoms with Crippen LogP contribution in [-0.2, 0) is 19.1 Å². The summed E-state index contributed by atoms with van der Waals surface area (Å²) < 4.78 is 9.72. The summed E-state index contributed by atoms with van der Waals surface area (Å²) in [7, 11) is 1.24. The van der Waals surface area contributed by atoms with E-state index in [9.17, 15) is 14.4 Å². The minimum atomic E-state index is -1.09. The van der Waals surface area contributed by atoms with E-state index in [2.05, 4.69) is 10.1 Å². The van der Waals surface area contributed by atoms with Gasteiger partial charge < -0.3 is 24.8 Å². The predicted octanol–water partition coefficient (Wildman–Crippen LogP) is -0.567. The van der Waals surface area contributed by atoms with Gasteiger partial charge >= 0.3 is 18.0 Å². The van der Waals surface area contributed by atoms with Crippen molar-refractivity contribution in [2.24, 2.45) is 0 Å². The molecule has 2 amide bonds. The maximum atomic E-state index is 11.9. The van der Waals surface area contributed by atoms with E-state index < -0.39 is 30.1 Å². The van der Waals surface area contributed by atoms with Crippen LogP contribution in [0.25, 0.3) is 0 Å². The third kappa shape index (κ3) is 4.09. The van der Waals surface area contributed by atoms with Crippen molar-refractivity contribution in [2.45, 2.75) is 25.5 Å². The number of hydrogen-bond acceptors (Lipinski definition) is 5. The zero-order valence-electron chi connectivity index (χ0n) is 10.9. The zero-order chi connectivity index (χ0) is 14.4. The molecule has 0 radical (unpaired) electrons. The Hall–Kier alpha value is -1.83. The molecule has 0 aromatic carbocycles. The molecule has 1 rings (SSSR count). The Labute approximate surface area is 110 Å². The van der Waals surface area contributed by atoms with Crippen LogP contribution < -0.4 is 5.32 Å². The first-order chi connectivity index (χ1) is 8.99. The fourth-order valence-corrected chi connectivity index (χ4v) is 1.69. The Morgan fingerprint density at radius 3 is 2.74 bits per heavy atom. The van der Waals surface area contributed by atoms with E-state index in [1.165, 1.54) is 12.0 Å². The molecule has 0 aromatic rings. The Morgan fingerprint density at radius 2 is 2.21 bits per heavy atom. The molecule has 0 spiro atoms. The number of urea groups is 1. The number of methoxy groups -OCH3 is 1. The van der Waals surface area contributed by atoms with Crippen LogP contribution in [0.2, 0.25) is 0 Å². The standard InChI is InChI=1S/C11H18N2O6/c1-3-7(9(14)15)12-11(17)13-4-5-19-8(6-13)10(16)18-2/h7-8H,3-6H2,1-2H3,(H,12,17)(H,14,15). The number of esters is 1. The van der Waals surface area contributed by atoms with E-state index in [-0.39, 0.29) is 19.6 Å². The summed E-state index contributed by atoms with van der Waals surface area (Å²) in [6, 6.07) is -1.46. The number of nitrogens with one attached hydrogen (secondary N) is 1. The molecule has 1 heterocycles. The van der Waals surface area contributed by atoms with Crippen LogP contribution in [0.1, 0.15) is 13.3 Å². The first-order valence-electron chi connectivity index (χ1n) is 5.97. The minimum absolute atomic E-state index is 0.0502. The number of nitrogens with zero attached hydrogens (tertiary/aromatic N) is 1. The van der Waals surface area contributed by atoms with Crippen molar-refractivity contribution in [3.8, 4) is 0 Å². The summed E-state index contributed by atoms with van der Waals surface area (Å²) in [5.74, 6) is -1.64. The van der Waals surface area contributed by atoms with E-state index >= 15 is 0 Å². The highest BCUT2D eigenvalue weighted by Crippen LogP contribution is 2.07. The van der Waals surface area contributed by atoms with Crippen LogP contribution in [0.15, 0.2) is 0 Å². The Balaban J connectivity index is 2.57. The van der Waals surface area contributed by atoms with Gasteiger partial charge in [0.1, 0.15) is 6.04 Å². The van der Waals surface area contributed by atoms with Crippen LogP contribution in [-0.4, -0.2) is 66.9 Å². The smallest absolute Gasteiger partial charge is 0.336 e. The maximum Gasteiger partial charge on any atom is 0.336 e. The van der Waals surface area contributed by atoms with Gasteiger partial charge in [-0.25, -0.2) is 14.4 Å². The van der Waals surface area contributed by atoms with Crippen molar-refractivity contribution in [3.63, 3.8) is 0 Å². The summed E-state index contributed by atoms with van der Waals surface area (Å²) >= 11 is 0. The number of aliphatic carboxylic acids is 1. The first kappa shape index (κ1) is 15.2. The average molecular weight is 274 g/mol. The van der Waals surface area contributed by atoms with Crippen molar-refractivity contribution in [3.05, 3.63) is 0 Å². The van der Waals surface area contributed by atoms with Crippen molar-refractivity contribution in [2.75, 3.05) is 26.8 Å². The molecular weight excluding hydrogens is 256 g/mol. The lowest BCUT2D eigenvalue weighted by Gasteiger charge is -2.32. The molecule has 0 bridgehead atoms. The van der Waals surface area contributed by atoms with Gasteiger partial charge in [-0.05, 0) is 6.42 Å². The summed E-state index contributed by atoms with van der Waals surface area (Å²) in [6.45, 7) is 2.22. The average Bonchev–Trinajstić information content (AvgIpc) is 2.43. The Kier molecular flexibility index (Phi) is 5.56. The van der Waals surface area contributed by atoms with Gasteiger partial charge in [-0.15, -0.1) is 0 Å². The number of morpholine rings is 1. The third-order valence-corrected chi connectivity index (χ3v) is 2.82. The number of amides is 2. The minimum Gasteiger partial charge on any atom is -0.480 e. The van der Waals surface area contributed by atoms with Gasteiger partial charge in [0.15, 0.2) is 6.10 Å². The van der Waals surface area contributed by atoms with Crippen LogP contribution >= 0.6 is 0 Å². The second kappa shape index (κ2) is 6.93. The molecule has 2 atom stereocenters. The molecule has 0 saturated carbocycles. The van der Waals surface area contributed by atoms with Gasteiger partial charge in [0.2, 0.25) is 0 Å². The van der Waals surface area contributed by atoms with Crippen molar-refractivity contribution < 1.29 is 29.0 Å². The van der Waals surface area contributed by atoms with Crippen LogP contribution in [0.4, 0.5) is 4.79 Å². The van der Waals surface area contributed by atoms with Crippen molar-refractivity contribution in [1.82, 2.24) is 10.2 Å². The van der Waals surface area contributed by atoms with Crippen LogP contribution in [0.5, 0.6) is 0 Å². The molecule has 2 N–H and O–H groups in total. The topological polar surface area (TPSA) is 105 Å². The second-order valence-electron chi connectivity index (χ2n) is 4.08. The number of carbonyl (C=O) groups excluding carboxylic acids is 2. The molecule has 108 valence electrons. The lowest BCUT2D eigenvalue weighted by molar-refractivity contribution is -0.158. The predicted molar refractivity (Wildman–Crippen MR) is 63.6 cm³/mol. The zero-order valence-corrected chi connectivity index (χ0v) is 10.9. The number of carboxylic acids is 1. The largest absolute Gasteiger partial charge is 0.480 e. The van der Waals surface area contributed by atoms with Gasteiger partial charge in [0.25, 0.3) is 0 Å². The summed E-state index contributed by atoms with van der Waals surface area (Å²) in [6.07, 6.45) is -0.541. The molecule has 1 saturated heterocycles. The lowest BCUT2D eigenvalue weighted by Crippen LogP contribution is -2.54. The fraction of sp³-hybridized carbons (Fsp3) is 0.727. The number of ether oxygens (including phenoxy) is 2. The number of rotatable bonds is 4. The van der Waals surface area contributed by atoms with E-state index in [0.29, 0.717) is 6.54 Å². The summed E-state index contributed by atoms with van der Waals surface area (Å²) in [5, 5.41) is 11.3. The molecule has 2 unspecified atom stereocenters. The molecule has 1 aliphatic heterocycles. The monoisotopic (exact) mass is 274 g/mol. The number of carboxylic acid groups (broad SMARTS) is 1. The number of carbonyl (C=O) groups is 3. The lowest BCUT2D eigenvalue weighted by atomic mass is 10.2. The van der Waals surface area contributed by atoms with E-state index in [1.807, 2.05) is 0 Å². The Bertz CT molecular complexity index is 359. The van der Waals surface area contributed by atoms with E-state index in [4.69, 9.17) is 9.84 Å². The quantitative estimate of drug-likeness (QED) is 0.665. The highest BCUT2D eigenvalue weighted by Gasteiger charge is 2.31. The molecule has 1 aliphatic rings. The van der Waals surface area contributed by atoms with Gasteiger partial charge in [-0.2, -0.15) is 0 Å². The van der Waals surface area contributed by atoms with Gasteiger partial charge in [-0.1, -0.05) is 6.92 Å². The fourth-order valence-electron chi connectivity index (χ4n) is 1.69. The van der Waals surface area contributed by atoms with E-state index in [0.717, 1.165) is 0 Å². The maximum absolute atomic E-state index is 11.9. The molecule has 1 fully saturated rings. The SMILES string of the molecule is CCC(NC(=O)N1CCOC(C(=O)OC)C1)C(=O)O.